The normalized spacial score (nSPS) is 16.0. The molecule has 0 heterocycles. The van der Waals surface area contributed by atoms with Crippen molar-refractivity contribution in [2.24, 2.45) is 5.73 Å². The minimum absolute atomic E-state index is 0.0879. The Kier molecular flexibility index (Phi) is 10.4. The van der Waals surface area contributed by atoms with E-state index in [1.54, 1.807) is 0 Å². The van der Waals surface area contributed by atoms with E-state index in [9.17, 15) is 13.9 Å². The maximum atomic E-state index is 12.5. The van der Waals surface area contributed by atoms with Gasteiger partial charge in [-0.3, -0.25) is 13.9 Å². The van der Waals surface area contributed by atoms with E-state index in [0.717, 1.165) is 0 Å². The Labute approximate surface area is 132 Å². The molecule has 0 aliphatic rings. The molecule has 0 bridgehead atoms. The molecule has 10 heteroatoms. The van der Waals surface area contributed by atoms with Gasteiger partial charge in [-0.05, 0) is 25.8 Å². The molecule has 8 nitrogen and oxygen atoms in total. The lowest BCUT2D eigenvalue weighted by molar-refractivity contribution is -0.121. The summed E-state index contributed by atoms with van der Waals surface area (Å²) in [5, 5.41) is 1.87. The first-order valence-corrected chi connectivity index (χ1v) is 10.8. The van der Waals surface area contributed by atoms with Crippen molar-refractivity contribution in [3.63, 3.8) is 0 Å². The Morgan fingerprint density at radius 2 is 1.73 bits per heavy atom. The van der Waals surface area contributed by atoms with E-state index in [-0.39, 0.29) is 12.3 Å². The fraction of sp³-hybridized carbons (Fsp3) is 0.917. The first kappa shape index (κ1) is 21.8. The molecule has 0 rings (SSSR count). The van der Waals surface area contributed by atoms with Crippen LogP contribution in [0.4, 0.5) is 0 Å². The quantitative estimate of drug-likeness (QED) is 0.405. The maximum absolute atomic E-state index is 12.5. The van der Waals surface area contributed by atoms with Crippen LogP contribution < -0.4 is 11.1 Å². The molecule has 0 aromatic rings. The van der Waals surface area contributed by atoms with Crippen molar-refractivity contribution in [1.82, 2.24) is 5.32 Å². The van der Waals surface area contributed by atoms with Gasteiger partial charge in [-0.1, -0.05) is 0 Å². The molecule has 132 valence electrons. The number of nitrogens with two attached hydrogens (primary N) is 1. The summed E-state index contributed by atoms with van der Waals surface area (Å²) in [5.74, 6) is -0.0879. The van der Waals surface area contributed by atoms with E-state index in [0.29, 0.717) is 32.4 Å². The Morgan fingerprint density at radius 1 is 1.14 bits per heavy atom. The van der Waals surface area contributed by atoms with E-state index in [1.807, 2.05) is 0 Å². The smallest absolute Gasteiger partial charge is 0.342 e. The van der Waals surface area contributed by atoms with E-state index >= 15 is 0 Å². The lowest BCUT2D eigenvalue weighted by atomic mass is 10.3. The summed E-state index contributed by atoms with van der Waals surface area (Å²) in [6.07, 6.45) is 1.78. The van der Waals surface area contributed by atoms with E-state index < -0.39 is 20.4 Å². The van der Waals surface area contributed by atoms with Gasteiger partial charge in [0.1, 0.15) is 5.40 Å². The minimum Gasteiger partial charge on any atom is -0.356 e. The number of nitrogens with one attached hydrogen (secondary N) is 1. The molecule has 0 aliphatic carbocycles. The van der Waals surface area contributed by atoms with Crippen LogP contribution in [0.15, 0.2) is 0 Å². The molecule has 1 amide bonds. The Hall–Kier alpha value is -0.230. The van der Waals surface area contributed by atoms with Gasteiger partial charge in [0.15, 0.2) is 0 Å². The van der Waals surface area contributed by atoms with Crippen molar-refractivity contribution >= 4 is 20.9 Å². The van der Waals surface area contributed by atoms with Crippen LogP contribution in [-0.2, 0) is 27.5 Å². The van der Waals surface area contributed by atoms with E-state index in [4.69, 9.17) is 19.3 Å². The number of carbonyl (C=O) groups excluding carboxylic acids is 1. The molecule has 2 atom stereocenters. The van der Waals surface area contributed by atoms with E-state index in [2.05, 4.69) is 5.32 Å². The Bertz CT molecular complexity index is 424. The van der Waals surface area contributed by atoms with Crippen LogP contribution in [0.3, 0.4) is 0 Å². The summed E-state index contributed by atoms with van der Waals surface area (Å²) in [4.78, 5) is 11.5. The molecule has 22 heavy (non-hydrogen) atoms. The fourth-order valence-corrected chi connectivity index (χ4v) is 6.89. The molecule has 0 saturated heterocycles. The van der Waals surface area contributed by atoms with Gasteiger partial charge in [-0.15, -0.1) is 0 Å². The summed E-state index contributed by atoms with van der Waals surface area (Å²) in [6, 6.07) is 0. The fourth-order valence-electron chi connectivity index (χ4n) is 1.95. The zero-order valence-corrected chi connectivity index (χ0v) is 15.5. The molecule has 0 aliphatic heterocycles. The largest absolute Gasteiger partial charge is 0.356 e. The molecule has 0 spiro atoms. The summed E-state index contributed by atoms with van der Waals surface area (Å²) >= 11 is 0. The topological polar surface area (TPSA) is 117 Å². The third kappa shape index (κ3) is 6.90. The number of amides is 1. The van der Waals surface area contributed by atoms with Crippen molar-refractivity contribution in [1.29, 1.82) is 0 Å². The second kappa shape index (κ2) is 10.5. The lowest BCUT2D eigenvalue weighted by Crippen LogP contribution is -2.25. The van der Waals surface area contributed by atoms with Gasteiger partial charge in [-0.25, -0.2) is 0 Å². The first-order valence-electron chi connectivity index (χ1n) is 7.08. The third-order valence-electron chi connectivity index (χ3n) is 3.35. The number of carbonyl (C=O) groups is 1. The molecular formula is C12H28N2O6P2. The zero-order valence-electron chi connectivity index (χ0n) is 13.7. The molecule has 0 radical (unpaired) electrons. The molecule has 0 saturated carbocycles. The van der Waals surface area contributed by atoms with Crippen LogP contribution in [0.1, 0.15) is 25.7 Å². The van der Waals surface area contributed by atoms with Crippen LogP contribution in [0.5, 0.6) is 0 Å². The second-order valence-electron chi connectivity index (χ2n) is 4.86. The first-order chi connectivity index (χ1) is 10.3. The summed E-state index contributed by atoms with van der Waals surface area (Å²) in [6.45, 7) is 2.26. The summed E-state index contributed by atoms with van der Waals surface area (Å²) < 4.78 is 39.9. The monoisotopic (exact) mass is 358 g/mol. The highest BCUT2D eigenvalue weighted by Gasteiger charge is 2.44. The van der Waals surface area contributed by atoms with Gasteiger partial charge in [0.2, 0.25) is 13.3 Å². The third-order valence-corrected chi connectivity index (χ3v) is 9.53. The van der Waals surface area contributed by atoms with Crippen LogP contribution in [0, 0.1) is 0 Å². The average Bonchev–Trinajstić information content (AvgIpc) is 2.51. The van der Waals surface area contributed by atoms with Gasteiger partial charge < -0.3 is 24.6 Å². The average molecular weight is 358 g/mol. The number of hydrogen-bond donors (Lipinski definition) is 2. The van der Waals surface area contributed by atoms with Crippen molar-refractivity contribution in [3.05, 3.63) is 0 Å². The molecule has 3 N–H and O–H groups in total. The number of rotatable bonds is 12. The van der Waals surface area contributed by atoms with Gasteiger partial charge in [0.05, 0.1) is 0 Å². The molecule has 2 unspecified atom stereocenters. The van der Waals surface area contributed by atoms with Gasteiger partial charge in [-0.2, -0.15) is 0 Å². The molecule has 0 aromatic heterocycles. The van der Waals surface area contributed by atoms with Crippen molar-refractivity contribution in [3.8, 4) is 0 Å². The minimum atomic E-state index is -3.53. The summed E-state index contributed by atoms with van der Waals surface area (Å²) in [5.41, 5.74) is 5.33. The van der Waals surface area contributed by atoms with E-state index in [1.165, 1.54) is 28.0 Å². The highest BCUT2D eigenvalue weighted by atomic mass is 31.2. The maximum Gasteiger partial charge on any atom is 0.342 e. The van der Waals surface area contributed by atoms with Crippen molar-refractivity contribution in [2.75, 3.05) is 41.1 Å². The van der Waals surface area contributed by atoms with Crippen LogP contribution >= 0.6 is 15.0 Å². The highest BCUT2D eigenvalue weighted by Crippen LogP contribution is 2.68. The predicted molar refractivity (Wildman–Crippen MR) is 86.5 cm³/mol. The zero-order chi connectivity index (χ0) is 17.2. The highest BCUT2D eigenvalue weighted by molar-refractivity contribution is 7.74. The van der Waals surface area contributed by atoms with Crippen LogP contribution in [0.2, 0.25) is 0 Å². The van der Waals surface area contributed by atoms with Gasteiger partial charge in [0, 0.05) is 41.0 Å². The molecule has 0 fully saturated rings. The standard InChI is InChI=1S/C12H28N2O6P2/c1-18-21(4,16)12(22(17,19-2)20-3)8-6-10-14-11(15)7-5-9-13/h12H,5-10,13H2,1-4H3,(H,14,15). The number of hydrogen-bond acceptors (Lipinski definition) is 7. The Morgan fingerprint density at radius 3 is 2.18 bits per heavy atom. The van der Waals surface area contributed by atoms with Crippen molar-refractivity contribution < 1.29 is 27.5 Å². The van der Waals surface area contributed by atoms with Gasteiger partial charge >= 0.3 is 7.60 Å². The lowest BCUT2D eigenvalue weighted by Gasteiger charge is -2.28. The Balaban J connectivity index is 4.60. The summed E-state index contributed by atoms with van der Waals surface area (Å²) in [7, 11) is -2.88. The molecule has 0 aromatic carbocycles. The van der Waals surface area contributed by atoms with Crippen molar-refractivity contribution in [2.45, 2.75) is 31.1 Å². The van der Waals surface area contributed by atoms with Crippen LogP contribution in [-0.4, -0.2) is 52.4 Å². The van der Waals surface area contributed by atoms with Crippen LogP contribution in [0.25, 0.3) is 0 Å². The predicted octanol–water partition coefficient (Wildman–Crippen LogP) is 1.99. The second-order valence-corrected chi connectivity index (χ2v) is 10.5. The molecular weight excluding hydrogens is 330 g/mol. The van der Waals surface area contributed by atoms with Gasteiger partial charge in [0.25, 0.3) is 0 Å². The SMILES string of the molecule is COP(C)(=O)C(CCCNC(=O)CCCN)P(=O)(OC)OC.